The van der Waals surface area contributed by atoms with Crippen molar-refractivity contribution < 1.29 is 33.1 Å². The summed E-state index contributed by atoms with van der Waals surface area (Å²) in [4.78, 5) is 53.2. The van der Waals surface area contributed by atoms with Crippen molar-refractivity contribution in [1.82, 2.24) is 10.2 Å². The van der Waals surface area contributed by atoms with Crippen molar-refractivity contribution in [2.75, 3.05) is 6.61 Å². The average Bonchev–Trinajstić information content (AvgIpc) is 3.29. The Bertz CT molecular complexity index is 1320. The van der Waals surface area contributed by atoms with Gasteiger partial charge in [0.25, 0.3) is 8.32 Å². The minimum Gasteiger partial charge on any atom is -0.458 e. The molecule has 10 heteroatoms. The Labute approximate surface area is 275 Å². The van der Waals surface area contributed by atoms with Gasteiger partial charge in [-0.05, 0) is 69.8 Å². The lowest BCUT2D eigenvalue weighted by molar-refractivity contribution is -0.160. The van der Waals surface area contributed by atoms with E-state index in [4.69, 9.17) is 13.9 Å². The van der Waals surface area contributed by atoms with E-state index in [1.54, 1.807) is 41.5 Å². The topological polar surface area (TPSA) is 111 Å². The molecule has 1 saturated heterocycles. The van der Waals surface area contributed by atoms with Gasteiger partial charge in [0.15, 0.2) is 0 Å². The van der Waals surface area contributed by atoms with E-state index in [9.17, 15) is 19.2 Å². The summed E-state index contributed by atoms with van der Waals surface area (Å²) in [5, 5.41) is 4.24. The van der Waals surface area contributed by atoms with E-state index in [0.717, 1.165) is 10.4 Å². The van der Waals surface area contributed by atoms with Gasteiger partial charge < -0.3 is 13.9 Å². The molecule has 2 aromatic rings. The smallest absolute Gasteiger partial charge is 0.411 e. The van der Waals surface area contributed by atoms with Gasteiger partial charge in [-0.3, -0.25) is 19.8 Å². The minimum absolute atomic E-state index is 0.0275. The molecule has 3 rings (SSSR count). The van der Waals surface area contributed by atoms with Crippen LogP contribution < -0.4 is 15.7 Å². The second-order valence-corrected chi connectivity index (χ2v) is 19.4. The Hall–Kier alpha value is -3.50. The van der Waals surface area contributed by atoms with Gasteiger partial charge in [0, 0.05) is 31.9 Å². The lowest BCUT2D eigenvalue weighted by Gasteiger charge is -2.44. The van der Waals surface area contributed by atoms with Crippen LogP contribution in [-0.2, 0) is 28.3 Å². The molecule has 0 radical (unpaired) electrons. The molecule has 1 fully saturated rings. The van der Waals surface area contributed by atoms with Crippen LogP contribution >= 0.6 is 0 Å². The summed E-state index contributed by atoms with van der Waals surface area (Å²) in [5.41, 5.74) is -1.60. The van der Waals surface area contributed by atoms with Crippen molar-refractivity contribution >= 4 is 42.6 Å². The molecule has 1 N–H and O–H groups in total. The van der Waals surface area contributed by atoms with Crippen LogP contribution in [0.25, 0.3) is 0 Å². The van der Waals surface area contributed by atoms with Gasteiger partial charge in [-0.15, -0.1) is 0 Å². The molecular formula is C36H52N2O7Si. The van der Waals surface area contributed by atoms with Gasteiger partial charge in [-0.2, -0.15) is 0 Å². The molecule has 0 aromatic heterocycles. The third-order valence-corrected chi connectivity index (χ3v) is 13.0. The van der Waals surface area contributed by atoms with E-state index in [2.05, 4.69) is 50.4 Å². The predicted molar refractivity (Wildman–Crippen MR) is 181 cm³/mol. The fraction of sp³-hybridized carbons (Fsp3) is 0.556. The first kappa shape index (κ1) is 37.0. The maximum Gasteiger partial charge on any atom is 0.411 e. The van der Waals surface area contributed by atoms with Crippen molar-refractivity contribution in [3.8, 4) is 0 Å². The average molecular weight is 653 g/mol. The Balaban J connectivity index is 2.11. The number of amides is 3. The van der Waals surface area contributed by atoms with Crippen LogP contribution in [0.1, 0.15) is 88.5 Å². The number of carbonyl (C=O) groups is 4. The van der Waals surface area contributed by atoms with Crippen molar-refractivity contribution in [1.29, 1.82) is 0 Å². The highest BCUT2D eigenvalue weighted by Crippen LogP contribution is 2.40. The largest absolute Gasteiger partial charge is 0.458 e. The van der Waals surface area contributed by atoms with Crippen molar-refractivity contribution in [2.45, 2.75) is 117 Å². The zero-order valence-corrected chi connectivity index (χ0v) is 30.1. The molecule has 3 atom stereocenters. The van der Waals surface area contributed by atoms with Crippen LogP contribution in [0, 0.1) is 5.92 Å². The van der Waals surface area contributed by atoms with E-state index < -0.39 is 55.5 Å². The number of benzene rings is 2. The summed E-state index contributed by atoms with van der Waals surface area (Å²) in [6.07, 6.45) is -0.216. The molecule has 0 bridgehead atoms. The molecule has 1 aliphatic rings. The molecule has 0 aliphatic carbocycles. The monoisotopic (exact) mass is 652 g/mol. The molecule has 0 spiro atoms. The van der Waals surface area contributed by atoms with Gasteiger partial charge in [-0.1, -0.05) is 81.4 Å². The molecule has 2 aromatic carbocycles. The maximum absolute atomic E-state index is 13.8. The minimum atomic E-state index is -2.96. The van der Waals surface area contributed by atoms with Crippen LogP contribution in [0.3, 0.4) is 0 Å². The van der Waals surface area contributed by atoms with Crippen LogP contribution in [0.5, 0.6) is 0 Å². The maximum atomic E-state index is 13.8. The molecule has 1 heterocycles. The predicted octanol–water partition coefficient (Wildman–Crippen LogP) is 5.34. The summed E-state index contributed by atoms with van der Waals surface area (Å²) >= 11 is 0. The molecule has 46 heavy (non-hydrogen) atoms. The molecule has 9 nitrogen and oxygen atoms in total. The number of hydrogen-bond donors (Lipinski definition) is 1. The number of nitrogens with zero attached hydrogens (tertiary/aromatic N) is 1. The number of imide groups is 1. The zero-order valence-electron chi connectivity index (χ0n) is 29.1. The van der Waals surface area contributed by atoms with Crippen LogP contribution in [-0.4, -0.2) is 67.0 Å². The highest BCUT2D eigenvalue weighted by Gasteiger charge is 2.54. The third-order valence-electron chi connectivity index (χ3n) is 7.96. The van der Waals surface area contributed by atoms with E-state index in [1.807, 2.05) is 36.4 Å². The van der Waals surface area contributed by atoms with E-state index >= 15 is 0 Å². The normalized spacial score (nSPS) is 19.0. The van der Waals surface area contributed by atoms with Gasteiger partial charge in [0.05, 0.1) is 0 Å². The van der Waals surface area contributed by atoms with Gasteiger partial charge in [0.2, 0.25) is 11.8 Å². The first-order chi connectivity index (χ1) is 21.2. The number of hydrogen-bond acceptors (Lipinski definition) is 7. The lowest BCUT2D eigenvalue weighted by Crippen LogP contribution is -2.67. The van der Waals surface area contributed by atoms with E-state index in [0.29, 0.717) is 0 Å². The van der Waals surface area contributed by atoms with Crippen molar-refractivity contribution in [3.05, 3.63) is 60.7 Å². The molecule has 1 aliphatic heterocycles. The standard InChI is InChI=1S/C36H52N2O7Si/c1-25(39)37-31(40)22-21-29-26(23-30(32(41)44-34(2,3)4)38(29)33(42)45-35(5,6)7)24-43-46(36(8,9)10,27-17-13-11-14-18-27)28-19-15-12-16-20-28/h11-20,26,29-30H,21-24H2,1-10H3,(H,37,39,40)/t26-,29+,30+/m0/s1. The summed E-state index contributed by atoms with van der Waals surface area (Å²) in [5.74, 6) is -1.79. The number of ether oxygens (including phenoxy) is 2. The van der Waals surface area contributed by atoms with Gasteiger partial charge >= 0.3 is 12.1 Å². The van der Waals surface area contributed by atoms with Crippen LogP contribution in [0.2, 0.25) is 5.04 Å². The Morgan fingerprint density at radius 1 is 0.804 bits per heavy atom. The number of likely N-dealkylation sites (tertiary alicyclic amines) is 1. The SMILES string of the molecule is CC(=O)NC(=O)CC[C@@H]1[C@H](CO[Si](c2ccccc2)(c2ccccc2)C(C)(C)C)C[C@H](C(=O)OC(C)(C)C)N1C(=O)OC(C)(C)C. The Kier molecular flexibility index (Phi) is 11.7. The number of carbonyl (C=O) groups excluding carboxylic acids is 4. The molecule has 0 unspecified atom stereocenters. The van der Waals surface area contributed by atoms with Crippen molar-refractivity contribution in [2.24, 2.45) is 5.92 Å². The highest BCUT2D eigenvalue weighted by molar-refractivity contribution is 6.99. The molecule has 252 valence electrons. The van der Waals surface area contributed by atoms with Gasteiger partial charge in [0.1, 0.15) is 17.2 Å². The third kappa shape index (κ3) is 9.28. The second-order valence-electron chi connectivity index (χ2n) is 15.1. The van der Waals surface area contributed by atoms with Crippen LogP contribution in [0.4, 0.5) is 4.79 Å². The summed E-state index contributed by atoms with van der Waals surface area (Å²) < 4.78 is 18.9. The van der Waals surface area contributed by atoms with E-state index in [1.165, 1.54) is 11.8 Å². The summed E-state index contributed by atoms with van der Waals surface area (Å²) in [6.45, 7) is 18.7. The van der Waals surface area contributed by atoms with Crippen molar-refractivity contribution in [3.63, 3.8) is 0 Å². The fourth-order valence-electron chi connectivity index (χ4n) is 6.26. The molecule has 3 amide bonds. The number of nitrogens with one attached hydrogen (secondary N) is 1. The summed E-state index contributed by atoms with van der Waals surface area (Å²) in [6, 6.07) is 18.9. The first-order valence-corrected chi connectivity index (χ1v) is 18.0. The zero-order chi connectivity index (χ0) is 34.5. The first-order valence-electron chi connectivity index (χ1n) is 16.0. The quantitative estimate of drug-likeness (QED) is 0.288. The number of esters is 1. The summed E-state index contributed by atoms with van der Waals surface area (Å²) in [7, 11) is -2.96. The second kappa shape index (κ2) is 14.5. The van der Waals surface area contributed by atoms with Crippen LogP contribution in [0.15, 0.2) is 60.7 Å². The van der Waals surface area contributed by atoms with Gasteiger partial charge in [-0.25, -0.2) is 9.59 Å². The molecular weight excluding hydrogens is 600 g/mol. The lowest BCUT2D eigenvalue weighted by atomic mass is 9.96. The fourth-order valence-corrected chi connectivity index (χ4v) is 10.9. The van der Waals surface area contributed by atoms with E-state index in [-0.39, 0.29) is 36.8 Å². The highest BCUT2D eigenvalue weighted by atomic mass is 28.4. The molecule has 0 saturated carbocycles. The Morgan fingerprint density at radius 3 is 1.74 bits per heavy atom. The Morgan fingerprint density at radius 2 is 1.30 bits per heavy atom. The number of rotatable bonds is 9.